The largest absolute Gasteiger partial charge is 0.481 e. The SMILES string of the molecule is C=C(C)C1CC[C@]2(C(=O)N3CCC[C@@H]3c3nc(-c4ccccc4)no3)CC[C@]3(C)[C@H](CC[C@@H]4[C@@]5(C)CC[C@H](OC(=O)CC(C)(C)C(=O)O)C(C)(C)[C@@H]5CC[C@]43C)[C@@H]12. The topological polar surface area (TPSA) is 123 Å². The standard InChI is InChI=1S/C48H67N3O6/c1-29(2)31-19-24-48(41(53)51-27-13-16-33(51)40-49-39(50-57-40)30-14-11-10-12-15-30)26-25-46(8)32(38(31)48)17-18-35-45(7)22-21-36(56-37(52)28-43(3,4)42(54)55)44(5,6)34(45)20-23-47(35,46)9/h10-12,14-15,31-36,38H,1,13,16-28H2,2-9H3,(H,54,55)/t31?,32-,33-,34+,35-,36+,38-,45+,46-,47-,48+/m1/s1. The van der Waals surface area contributed by atoms with Crippen molar-refractivity contribution in [1.82, 2.24) is 15.0 Å². The van der Waals surface area contributed by atoms with Crippen molar-refractivity contribution < 1.29 is 28.8 Å². The number of carboxylic acid groups (broad SMARTS) is 1. The molecule has 1 aromatic heterocycles. The Morgan fingerprint density at radius 2 is 1.65 bits per heavy atom. The molecular weight excluding hydrogens is 715 g/mol. The van der Waals surface area contributed by atoms with Crippen LogP contribution in [0.25, 0.3) is 11.4 Å². The number of hydrogen-bond donors (Lipinski definition) is 1. The molecule has 0 radical (unpaired) electrons. The Labute approximate surface area is 340 Å². The van der Waals surface area contributed by atoms with Crippen molar-refractivity contribution in [2.24, 2.45) is 62.1 Å². The van der Waals surface area contributed by atoms with E-state index in [1.165, 1.54) is 5.57 Å². The number of carbonyl (C=O) groups excluding carboxylic acids is 2. The second kappa shape index (κ2) is 13.8. The van der Waals surface area contributed by atoms with Crippen LogP contribution >= 0.6 is 0 Å². The van der Waals surface area contributed by atoms with E-state index in [9.17, 15) is 14.7 Å². The Morgan fingerprint density at radius 1 is 0.912 bits per heavy atom. The van der Waals surface area contributed by atoms with E-state index in [2.05, 4.69) is 58.2 Å². The number of aromatic nitrogens is 2. The number of amides is 1. The zero-order valence-electron chi connectivity index (χ0n) is 35.9. The quantitative estimate of drug-likeness (QED) is 0.207. The molecule has 1 aromatic carbocycles. The second-order valence-corrected chi connectivity index (χ2v) is 21.5. The number of likely N-dealkylation sites (tertiary alicyclic amines) is 1. The van der Waals surface area contributed by atoms with E-state index in [1.807, 2.05) is 30.3 Å². The smallest absolute Gasteiger partial charge is 0.309 e. The van der Waals surface area contributed by atoms with Crippen molar-refractivity contribution in [2.75, 3.05) is 6.54 Å². The first-order chi connectivity index (χ1) is 26.8. The molecule has 5 aliphatic carbocycles. The average molecular weight is 782 g/mol. The molecule has 1 saturated heterocycles. The first-order valence-corrected chi connectivity index (χ1v) is 22.1. The molecule has 9 nitrogen and oxygen atoms in total. The summed E-state index contributed by atoms with van der Waals surface area (Å²) in [5.41, 5.74) is 0.614. The summed E-state index contributed by atoms with van der Waals surface area (Å²) in [6.45, 7) is 23.1. The third-order valence-electron chi connectivity index (χ3n) is 18.1. The maximum atomic E-state index is 15.4. The van der Waals surface area contributed by atoms with Gasteiger partial charge in [0.15, 0.2) is 0 Å². The summed E-state index contributed by atoms with van der Waals surface area (Å²) >= 11 is 0. The molecule has 6 fully saturated rings. The Bertz CT molecular complexity index is 1920. The van der Waals surface area contributed by atoms with Gasteiger partial charge in [-0.15, -0.1) is 0 Å². The first-order valence-electron chi connectivity index (χ1n) is 22.1. The Hall–Kier alpha value is -3.49. The number of carbonyl (C=O) groups is 3. The molecule has 5 saturated carbocycles. The molecule has 0 spiro atoms. The number of allylic oxidation sites excluding steroid dienone is 1. The molecule has 310 valence electrons. The van der Waals surface area contributed by atoms with E-state index >= 15 is 4.79 Å². The van der Waals surface area contributed by atoms with Crippen LogP contribution in [0.2, 0.25) is 0 Å². The lowest BCUT2D eigenvalue weighted by Gasteiger charge is -2.73. The average Bonchev–Trinajstić information content (AvgIpc) is 3.92. The molecule has 11 atom stereocenters. The lowest BCUT2D eigenvalue weighted by Crippen LogP contribution is -2.67. The van der Waals surface area contributed by atoms with Crippen LogP contribution in [0.15, 0.2) is 47.0 Å². The van der Waals surface area contributed by atoms with Gasteiger partial charge in [-0.25, -0.2) is 0 Å². The fourth-order valence-corrected chi connectivity index (χ4v) is 15.0. The van der Waals surface area contributed by atoms with E-state index in [0.29, 0.717) is 41.3 Å². The number of ether oxygens (including phenoxy) is 1. The van der Waals surface area contributed by atoms with Crippen molar-refractivity contribution in [1.29, 1.82) is 0 Å². The lowest BCUT2D eigenvalue weighted by atomic mass is 9.32. The number of aliphatic carboxylic acids is 1. The van der Waals surface area contributed by atoms with Crippen LogP contribution in [0.1, 0.15) is 151 Å². The van der Waals surface area contributed by atoms with Crippen molar-refractivity contribution in [3.8, 4) is 11.4 Å². The molecule has 2 aromatic rings. The number of nitrogens with zero attached hydrogens (tertiary/aromatic N) is 3. The summed E-state index contributed by atoms with van der Waals surface area (Å²) < 4.78 is 12.1. The van der Waals surface area contributed by atoms with Gasteiger partial charge in [0.2, 0.25) is 17.6 Å². The van der Waals surface area contributed by atoms with Gasteiger partial charge >= 0.3 is 11.9 Å². The fraction of sp³-hybridized carbons (Fsp3) is 0.729. The summed E-state index contributed by atoms with van der Waals surface area (Å²) in [7, 11) is 0. The molecule has 1 aliphatic heterocycles. The number of fused-ring (bicyclic) bond motifs is 7. The molecule has 8 rings (SSSR count). The van der Waals surface area contributed by atoms with Gasteiger partial charge < -0.3 is 19.3 Å². The van der Waals surface area contributed by atoms with Gasteiger partial charge in [-0.2, -0.15) is 4.98 Å². The van der Waals surface area contributed by atoms with E-state index < -0.39 is 22.8 Å². The fourth-order valence-electron chi connectivity index (χ4n) is 15.0. The van der Waals surface area contributed by atoms with Gasteiger partial charge in [-0.3, -0.25) is 14.4 Å². The highest BCUT2D eigenvalue weighted by atomic mass is 16.5. The molecule has 6 aliphatic rings. The van der Waals surface area contributed by atoms with Crippen molar-refractivity contribution >= 4 is 17.8 Å². The summed E-state index contributed by atoms with van der Waals surface area (Å²) in [5.74, 6) is 1.98. The van der Waals surface area contributed by atoms with Crippen LogP contribution < -0.4 is 0 Å². The molecule has 1 amide bonds. The minimum absolute atomic E-state index is 0.0771. The van der Waals surface area contributed by atoms with Gasteiger partial charge in [0.25, 0.3) is 0 Å². The molecule has 9 heteroatoms. The van der Waals surface area contributed by atoms with E-state index in [-0.39, 0.29) is 46.1 Å². The minimum atomic E-state index is -1.16. The van der Waals surface area contributed by atoms with Crippen LogP contribution in [0.5, 0.6) is 0 Å². The zero-order chi connectivity index (χ0) is 40.9. The van der Waals surface area contributed by atoms with Gasteiger partial charge in [0, 0.05) is 17.5 Å². The maximum absolute atomic E-state index is 15.4. The van der Waals surface area contributed by atoms with E-state index in [1.54, 1.807) is 13.8 Å². The molecule has 0 bridgehead atoms. The van der Waals surface area contributed by atoms with Crippen LogP contribution in [-0.2, 0) is 19.1 Å². The first kappa shape index (κ1) is 40.3. The third kappa shape index (κ3) is 5.99. The van der Waals surface area contributed by atoms with Crippen LogP contribution in [0.3, 0.4) is 0 Å². The van der Waals surface area contributed by atoms with Gasteiger partial charge in [0.05, 0.1) is 17.3 Å². The van der Waals surface area contributed by atoms with E-state index in [4.69, 9.17) is 14.2 Å². The molecule has 1 unspecified atom stereocenters. The molecule has 2 heterocycles. The summed E-state index contributed by atoms with van der Waals surface area (Å²) in [4.78, 5) is 47.4. The van der Waals surface area contributed by atoms with Gasteiger partial charge in [-0.1, -0.05) is 82.3 Å². The lowest BCUT2D eigenvalue weighted by molar-refractivity contribution is -0.250. The Kier molecular flexibility index (Phi) is 9.75. The van der Waals surface area contributed by atoms with Crippen LogP contribution in [-0.4, -0.2) is 50.6 Å². The molecular formula is C48H67N3O6. The highest BCUT2D eigenvalue weighted by Gasteiger charge is 2.72. The molecule has 1 N–H and O–H groups in total. The number of rotatable bonds is 8. The second-order valence-electron chi connectivity index (χ2n) is 21.5. The van der Waals surface area contributed by atoms with Crippen molar-refractivity contribution in [2.45, 2.75) is 151 Å². The van der Waals surface area contributed by atoms with E-state index in [0.717, 1.165) is 89.2 Å². The zero-order valence-corrected chi connectivity index (χ0v) is 35.9. The summed E-state index contributed by atoms with van der Waals surface area (Å²) in [6, 6.07) is 9.72. The number of hydrogen-bond acceptors (Lipinski definition) is 7. The number of benzene rings is 1. The molecule has 57 heavy (non-hydrogen) atoms. The van der Waals surface area contributed by atoms with Gasteiger partial charge in [-0.05, 0) is 144 Å². The van der Waals surface area contributed by atoms with Crippen LogP contribution in [0, 0.1) is 62.1 Å². The van der Waals surface area contributed by atoms with Crippen LogP contribution in [0.4, 0.5) is 0 Å². The predicted octanol–water partition coefficient (Wildman–Crippen LogP) is 10.5. The number of esters is 1. The predicted molar refractivity (Wildman–Crippen MR) is 218 cm³/mol. The summed E-state index contributed by atoms with van der Waals surface area (Å²) in [5, 5.41) is 14.0. The third-order valence-corrected chi connectivity index (χ3v) is 18.1. The maximum Gasteiger partial charge on any atom is 0.309 e. The minimum Gasteiger partial charge on any atom is -0.481 e. The normalized spacial score (nSPS) is 39.6. The highest BCUT2D eigenvalue weighted by molar-refractivity contribution is 5.85. The van der Waals surface area contributed by atoms with Crippen molar-refractivity contribution in [3.63, 3.8) is 0 Å². The Morgan fingerprint density at radius 3 is 2.35 bits per heavy atom. The van der Waals surface area contributed by atoms with Gasteiger partial charge in [0.1, 0.15) is 12.1 Å². The number of carboxylic acids is 1. The summed E-state index contributed by atoms with van der Waals surface area (Å²) in [6.07, 6.45) is 11.6. The highest BCUT2D eigenvalue weighted by Crippen LogP contribution is 2.78. The Balaban J connectivity index is 1.06. The van der Waals surface area contributed by atoms with Crippen molar-refractivity contribution in [3.05, 3.63) is 48.4 Å². The monoisotopic (exact) mass is 782 g/mol.